The van der Waals surface area contributed by atoms with Crippen molar-refractivity contribution in [3.63, 3.8) is 0 Å². The van der Waals surface area contributed by atoms with E-state index >= 15 is 0 Å². The molecule has 0 radical (unpaired) electrons. The average molecular weight is 449 g/mol. The Morgan fingerprint density at radius 3 is 1.30 bits per heavy atom. The topological polar surface area (TPSA) is 24.9 Å². The van der Waals surface area contributed by atoms with Crippen LogP contribution in [0.15, 0.2) is 24.3 Å². The van der Waals surface area contributed by atoms with E-state index in [4.69, 9.17) is 9.47 Å². The van der Waals surface area contributed by atoms with Crippen molar-refractivity contribution in [3.05, 3.63) is 24.3 Å². The van der Waals surface area contributed by atoms with Crippen molar-refractivity contribution in [3.8, 4) is 0 Å². The van der Waals surface area contributed by atoms with E-state index in [-0.39, 0.29) is 0 Å². The Labute approximate surface area is 186 Å². The smallest absolute Gasteiger partial charge is 0.0806 e. The molecular weight excluding hydrogens is 404 g/mol. The number of hydrogen-bond acceptors (Lipinski definition) is 4. The summed E-state index contributed by atoms with van der Waals surface area (Å²) in [5.74, 6) is 0. The minimum absolute atomic E-state index is 0.911. The van der Waals surface area contributed by atoms with Gasteiger partial charge >= 0.3 is 0 Å². The molecule has 0 N–H and O–H groups in total. The maximum absolute atomic E-state index is 5.47. The van der Waals surface area contributed by atoms with Gasteiger partial charge < -0.3 is 9.47 Å². The molecule has 0 bridgehead atoms. The zero-order valence-corrected chi connectivity index (χ0v) is 21.9. The van der Waals surface area contributed by atoms with E-state index in [0.29, 0.717) is 0 Å². The van der Waals surface area contributed by atoms with Gasteiger partial charge in [-0.2, -0.15) is 0 Å². The van der Waals surface area contributed by atoms with Crippen LogP contribution >= 0.6 is 0 Å². The summed E-state index contributed by atoms with van der Waals surface area (Å²) in [6.45, 7) is 20.8. The maximum atomic E-state index is 5.47. The van der Waals surface area contributed by atoms with Crippen LogP contribution in [0, 0.1) is 0 Å². The molecule has 2 heterocycles. The van der Waals surface area contributed by atoms with E-state index in [0.717, 1.165) is 52.6 Å². The molecule has 30 heavy (non-hydrogen) atoms. The van der Waals surface area contributed by atoms with Gasteiger partial charge in [0.05, 0.1) is 42.6 Å². The van der Waals surface area contributed by atoms with Gasteiger partial charge in [0.1, 0.15) is 0 Å². The van der Waals surface area contributed by atoms with Crippen molar-refractivity contribution >= 4 is 26.5 Å². The summed E-state index contributed by atoms with van der Waals surface area (Å²) in [4.78, 5) is 5.14. The number of rotatable bonds is 10. The lowest BCUT2D eigenvalue weighted by atomic mass is 10.3. The van der Waals surface area contributed by atoms with Crippen LogP contribution in [0.4, 0.5) is 0 Å². The molecule has 170 valence electrons. The fraction of sp³-hybridized carbons (Fsp3) is 0.750. The second-order valence-electron chi connectivity index (χ2n) is 10.5. The molecule has 2 saturated heterocycles. The highest BCUT2D eigenvalue weighted by molar-refractivity contribution is 6.91. The number of ether oxygens (including phenoxy) is 2. The first kappa shape index (κ1) is 24.1. The Bertz CT molecular complexity index is 570. The van der Waals surface area contributed by atoms with E-state index in [9.17, 15) is 0 Å². The van der Waals surface area contributed by atoms with E-state index in [2.05, 4.69) is 60.3 Å². The number of morpholine rings is 2. The first-order valence-corrected chi connectivity index (χ1v) is 18.5. The fourth-order valence-electron chi connectivity index (χ4n) is 4.80. The van der Waals surface area contributed by atoms with Crippen molar-refractivity contribution in [2.45, 2.75) is 51.1 Å². The highest BCUT2D eigenvalue weighted by Gasteiger charge is 2.27. The third-order valence-electron chi connectivity index (χ3n) is 7.21. The average Bonchev–Trinajstić information content (AvgIpc) is 2.75. The summed E-state index contributed by atoms with van der Waals surface area (Å²) in [7, 11) is -2.71. The summed E-state index contributed by atoms with van der Waals surface area (Å²) >= 11 is 0. The normalized spacial score (nSPS) is 19.9. The maximum Gasteiger partial charge on any atom is 0.0806 e. The number of hydrogen-bond donors (Lipinski definition) is 0. The van der Waals surface area contributed by atoms with Crippen molar-refractivity contribution < 1.29 is 9.47 Å². The number of nitrogens with zero attached hydrogens (tertiary/aromatic N) is 2. The van der Waals surface area contributed by atoms with Gasteiger partial charge in [-0.05, 0) is 25.9 Å². The van der Waals surface area contributed by atoms with Gasteiger partial charge in [-0.3, -0.25) is 9.80 Å². The fourth-order valence-corrected chi connectivity index (χ4v) is 9.60. The Morgan fingerprint density at radius 1 is 0.633 bits per heavy atom. The highest BCUT2D eigenvalue weighted by atomic mass is 28.3. The van der Waals surface area contributed by atoms with Crippen LogP contribution < -0.4 is 10.4 Å². The molecule has 0 atom stereocenters. The monoisotopic (exact) mass is 448 g/mol. The van der Waals surface area contributed by atoms with Crippen molar-refractivity contribution in [2.75, 3.05) is 65.7 Å². The van der Waals surface area contributed by atoms with Crippen molar-refractivity contribution in [1.82, 2.24) is 9.80 Å². The van der Waals surface area contributed by atoms with Gasteiger partial charge in [-0.1, -0.05) is 72.9 Å². The van der Waals surface area contributed by atoms with Crippen LogP contribution in [-0.2, 0) is 9.47 Å². The summed E-state index contributed by atoms with van der Waals surface area (Å²) in [5, 5.41) is 3.26. The Kier molecular flexibility index (Phi) is 9.16. The van der Waals surface area contributed by atoms with Gasteiger partial charge in [-0.15, -0.1) is 0 Å². The first-order valence-electron chi connectivity index (χ1n) is 12.1. The molecule has 6 heteroatoms. The minimum atomic E-state index is -1.35. The van der Waals surface area contributed by atoms with Crippen LogP contribution in [0.25, 0.3) is 0 Å². The molecule has 0 spiro atoms. The molecule has 2 aliphatic heterocycles. The predicted octanol–water partition coefficient (Wildman–Crippen LogP) is 2.96. The molecule has 0 unspecified atom stereocenters. The van der Waals surface area contributed by atoms with Crippen LogP contribution in [-0.4, -0.2) is 91.6 Å². The molecule has 0 aromatic heterocycles. The van der Waals surface area contributed by atoms with E-state index in [1.54, 1.807) is 10.4 Å². The summed E-state index contributed by atoms with van der Waals surface area (Å²) < 4.78 is 10.9. The van der Waals surface area contributed by atoms with Crippen molar-refractivity contribution in [2.24, 2.45) is 0 Å². The second kappa shape index (κ2) is 11.4. The van der Waals surface area contributed by atoms with Crippen molar-refractivity contribution in [1.29, 1.82) is 0 Å². The van der Waals surface area contributed by atoms with Crippen LogP contribution in [0.3, 0.4) is 0 Å². The van der Waals surface area contributed by atoms with Gasteiger partial charge in [-0.25, -0.2) is 0 Å². The quantitative estimate of drug-likeness (QED) is 0.514. The SMILES string of the molecule is C[Si](C)(CCCN1CCOCC1)c1ccc([Si](C)(C)CCCN2CCOCC2)cc1. The Balaban J connectivity index is 1.46. The Morgan fingerprint density at radius 2 is 0.967 bits per heavy atom. The molecule has 1 aromatic rings. The molecule has 0 saturated carbocycles. The van der Waals surface area contributed by atoms with Gasteiger partial charge in [0.2, 0.25) is 0 Å². The first-order chi connectivity index (χ1) is 14.4. The van der Waals surface area contributed by atoms with Gasteiger partial charge in [0.25, 0.3) is 0 Å². The molecular formula is C24H44N2O2Si2. The summed E-state index contributed by atoms with van der Waals surface area (Å²) in [6, 6.07) is 12.7. The summed E-state index contributed by atoms with van der Waals surface area (Å²) in [6.07, 6.45) is 2.64. The van der Waals surface area contributed by atoms with E-state index < -0.39 is 16.1 Å². The van der Waals surface area contributed by atoms with Crippen LogP contribution in [0.5, 0.6) is 0 Å². The third-order valence-corrected chi connectivity index (χ3v) is 14.2. The lowest BCUT2D eigenvalue weighted by Gasteiger charge is -2.30. The van der Waals surface area contributed by atoms with E-state index in [1.165, 1.54) is 38.0 Å². The molecule has 0 aliphatic carbocycles. The second-order valence-corrected chi connectivity index (χ2v) is 20.2. The lowest BCUT2D eigenvalue weighted by Crippen LogP contribution is -2.46. The zero-order valence-electron chi connectivity index (χ0n) is 19.9. The molecule has 4 nitrogen and oxygen atoms in total. The molecule has 1 aromatic carbocycles. The Hall–Kier alpha value is -0.506. The van der Waals surface area contributed by atoms with Gasteiger partial charge in [0, 0.05) is 26.2 Å². The van der Waals surface area contributed by atoms with Crippen LogP contribution in [0.1, 0.15) is 12.8 Å². The standard InChI is InChI=1S/C24H44N2O2Si2/c1-29(2,21-5-11-25-13-17-27-18-14-25)23-7-9-24(10-8-23)30(3,4)22-6-12-26-15-19-28-20-16-26/h7-10H,5-6,11-22H2,1-4H3. The highest BCUT2D eigenvalue weighted by Crippen LogP contribution is 2.16. The molecule has 3 rings (SSSR count). The lowest BCUT2D eigenvalue weighted by molar-refractivity contribution is 0.0379. The van der Waals surface area contributed by atoms with E-state index in [1.807, 2.05) is 0 Å². The van der Waals surface area contributed by atoms with Gasteiger partial charge in [0.15, 0.2) is 0 Å². The minimum Gasteiger partial charge on any atom is -0.379 e. The van der Waals surface area contributed by atoms with Crippen LogP contribution in [0.2, 0.25) is 38.3 Å². The molecule has 2 aliphatic rings. The summed E-state index contributed by atoms with van der Waals surface area (Å²) in [5.41, 5.74) is 0. The third kappa shape index (κ3) is 7.28. The zero-order chi connectivity index (χ0) is 21.5. The largest absolute Gasteiger partial charge is 0.379 e. The molecule has 2 fully saturated rings. The number of benzene rings is 1. The predicted molar refractivity (Wildman–Crippen MR) is 134 cm³/mol. The molecule has 0 amide bonds.